The van der Waals surface area contributed by atoms with Crippen LogP contribution in [0.4, 0.5) is 0 Å². The lowest BCUT2D eigenvalue weighted by molar-refractivity contribution is -0.122. The van der Waals surface area contributed by atoms with Gasteiger partial charge >= 0.3 is 0 Å². The number of hydrogen-bond acceptors (Lipinski definition) is 3. The Balaban J connectivity index is 1.90. The molecule has 3 unspecified atom stereocenters. The van der Waals surface area contributed by atoms with E-state index in [1.54, 1.807) is 6.92 Å². The Morgan fingerprint density at radius 2 is 1.96 bits per heavy atom. The Kier molecular flexibility index (Phi) is 4.93. The highest BCUT2D eigenvalue weighted by Crippen LogP contribution is 2.34. The molecule has 2 aliphatic rings. The van der Waals surface area contributed by atoms with Crippen LogP contribution < -0.4 is 11.1 Å². The van der Waals surface area contributed by atoms with Crippen LogP contribution in [0.5, 0.6) is 0 Å². The van der Waals surface area contributed by atoms with Gasteiger partial charge in [0.2, 0.25) is 5.91 Å². The number of carbonyl (C=O) groups is 1. The summed E-state index contributed by atoms with van der Waals surface area (Å²) in [4.78, 5) is 12.2. The van der Waals surface area contributed by atoms with Crippen LogP contribution in [0.3, 0.4) is 0 Å². The third-order valence-corrected chi connectivity index (χ3v) is 4.57. The molecule has 0 bridgehead atoms. The molecule has 4 atom stereocenters. The van der Waals surface area contributed by atoms with E-state index in [0.717, 1.165) is 11.1 Å². The highest BCUT2D eigenvalue weighted by atomic mass is 16.5. The van der Waals surface area contributed by atoms with E-state index < -0.39 is 6.04 Å². The molecule has 1 aliphatic carbocycles. The van der Waals surface area contributed by atoms with Gasteiger partial charge in [0.15, 0.2) is 0 Å². The predicted molar refractivity (Wildman–Crippen MR) is 99.8 cm³/mol. The molecular weight excluding hydrogens is 312 g/mol. The van der Waals surface area contributed by atoms with Crippen molar-refractivity contribution in [3.63, 3.8) is 0 Å². The maximum Gasteiger partial charge on any atom is 0.237 e. The summed E-state index contributed by atoms with van der Waals surface area (Å²) in [6.07, 6.45) is 10.6. The van der Waals surface area contributed by atoms with E-state index in [1.165, 1.54) is 0 Å². The van der Waals surface area contributed by atoms with Crippen LogP contribution >= 0.6 is 0 Å². The van der Waals surface area contributed by atoms with Crippen LogP contribution in [-0.2, 0) is 9.53 Å². The van der Waals surface area contributed by atoms with Gasteiger partial charge in [-0.1, -0.05) is 60.7 Å². The highest BCUT2D eigenvalue weighted by Gasteiger charge is 2.32. The zero-order valence-electron chi connectivity index (χ0n) is 15.0. The molecule has 0 fully saturated rings. The molecular formula is C21H26N2O2. The van der Waals surface area contributed by atoms with Crippen LogP contribution in [0, 0.1) is 5.92 Å². The van der Waals surface area contributed by atoms with Gasteiger partial charge in [-0.3, -0.25) is 4.79 Å². The molecule has 0 aromatic heterocycles. The van der Waals surface area contributed by atoms with E-state index >= 15 is 0 Å². The summed E-state index contributed by atoms with van der Waals surface area (Å²) in [5, 5.41) is 3.07. The lowest BCUT2D eigenvalue weighted by Crippen LogP contribution is -2.41. The van der Waals surface area contributed by atoms with E-state index in [2.05, 4.69) is 49.5 Å². The van der Waals surface area contributed by atoms with Gasteiger partial charge in [-0.15, -0.1) is 0 Å². The number of hydrogen-bond donors (Lipinski definition) is 2. The average Bonchev–Trinajstić information content (AvgIpc) is 2.59. The van der Waals surface area contributed by atoms with Crippen LogP contribution in [0.2, 0.25) is 0 Å². The quantitative estimate of drug-likeness (QED) is 0.830. The van der Waals surface area contributed by atoms with Gasteiger partial charge in [-0.2, -0.15) is 0 Å². The summed E-state index contributed by atoms with van der Waals surface area (Å²) >= 11 is 0. The number of benzene rings is 1. The molecule has 0 saturated heterocycles. The molecule has 1 aromatic rings. The Labute approximate surface area is 149 Å². The van der Waals surface area contributed by atoms with Gasteiger partial charge in [0.25, 0.3) is 0 Å². The first-order chi connectivity index (χ1) is 11.9. The molecule has 1 amide bonds. The van der Waals surface area contributed by atoms with E-state index in [4.69, 9.17) is 10.5 Å². The second-order valence-corrected chi connectivity index (χ2v) is 7.29. The zero-order chi connectivity index (χ0) is 18.0. The van der Waals surface area contributed by atoms with Gasteiger partial charge in [-0.05, 0) is 31.9 Å². The number of ether oxygens (including phenoxy) is 1. The third kappa shape index (κ3) is 4.09. The molecule has 3 N–H and O–H groups in total. The first-order valence-electron chi connectivity index (χ1n) is 8.74. The minimum atomic E-state index is -0.550. The molecule has 0 spiro atoms. The minimum Gasteiger partial charge on any atom is -0.363 e. The van der Waals surface area contributed by atoms with Gasteiger partial charge < -0.3 is 15.8 Å². The molecule has 0 radical (unpaired) electrons. The largest absolute Gasteiger partial charge is 0.363 e. The van der Waals surface area contributed by atoms with Crippen LogP contribution in [0.15, 0.2) is 66.3 Å². The van der Waals surface area contributed by atoms with Crippen molar-refractivity contribution in [2.24, 2.45) is 11.7 Å². The summed E-state index contributed by atoms with van der Waals surface area (Å²) in [6, 6.07) is 9.18. The molecule has 3 rings (SSSR count). The predicted octanol–water partition coefficient (Wildman–Crippen LogP) is 3.04. The average molecular weight is 338 g/mol. The summed E-state index contributed by atoms with van der Waals surface area (Å²) in [5.41, 5.74) is 7.58. The summed E-state index contributed by atoms with van der Waals surface area (Å²) in [5.74, 6) is 0.00767. The zero-order valence-corrected chi connectivity index (χ0v) is 15.0. The van der Waals surface area contributed by atoms with Gasteiger partial charge in [0.1, 0.15) is 0 Å². The van der Waals surface area contributed by atoms with Crippen molar-refractivity contribution in [1.82, 2.24) is 5.32 Å². The topological polar surface area (TPSA) is 64.4 Å². The fourth-order valence-corrected chi connectivity index (χ4v) is 3.19. The van der Waals surface area contributed by atoms with Crippen molar-refractivity contribution < 1.29 is 9.53 Å². The Bertz CT molecular complexity index is 717. The molecule has 4 heteroatoms. The maximum atomic E-state index is 12.2. The molecule has 25 heavy (non-hydrogen) atoms. The maximum absolute atomic E-state index is 12.2. The van der Waals surface area contributed by atoms with Crippen molar-refractivity contribution in [3.05, 3.63) is 71.8 Å². The van der Waals surface area contributed by atoms with Crippen LogP contribution in [-0.4, -0.2) is 23.7 Å². The SMILES string of the molecule is C[C@H](N)C(=O)NC(C1=CC2C=CC(C)(C)OC2C=C1)c1ccccc1. The van der Waals surface area contributed by atoms with E-state index in [9.17, 15) is 4.79 Å². The summed E-state index contributed by atoms with van der Waals surface area (Å²) in [7, 11) is 0. The number of carbonyl (C=O) groups excluding carboxylic acids is 1. The standard InChI is InChI=1S/C21H26N2O2/c1-14(22)20(24)23-19(15-7-5-4-6-8-15)17-9-10-18-16(13-17)11-12-21(2,3)25-18/h4-14,16,18-19H,22H2,1-3H3,(H,23,24)/t14-,16?,18?,19?/m0/s1. The molecule has 1 aromatic carbocycles. The lowest BCUT2D eigenvalue weighted by Gasteiger charge is -2.37. The van der Waals surface area contributed by atoms with Gasteiger partial charge in [0.05, 0.1) is 23.8 Å². The number of amides is 1. The van der Waals surface area contributed by atoms with Crippen molar-refractivity contribution >= 4 is 5.91 Å². The molecule has 4 nitrogen and oxygen atoms in total. The number of nitrogens with one attached hydrogen (secondary N) is 1. The fraction of sp³-hybridized carbons (Fsp3) is 0.381. The Morgan fingerprint density at radius 1 is 1.24 bits per heavy atom. The molecule has 132 valence electrons. The molecule has 0 saturated carbocycles. The number of nitrogens with two attached hydrogens (primary N) is 1. The minimum absolute atomic E-state index is 0.0318. The smallest absolute Gasteiger partial charge is 0.237 e. The first kappa shape index (κ1) is 17.6. The third-order valence-electron chi connectivity index (χ3n) is 4.57. The molecule has 1 aliphatic heterocycles. The lowest BCUT2D eigenvalue weighted by atomic mass is 9.85. The van der Waals surface area contributed by atoms with Crippen LogP contribution in [0.1, 0.15) is 32.4 Å². The fourth-order valence-electron chi connectivity index (χ4n) is 3.19. The number of rotatable bonds is 4. The van der Waals surface area contributed by atoms with Crippen molar-refractivity contribution in [2.45, 2.75) is 44.6 Å². The monoisotopic (exact) mass is 338 g/mol. The highest BCUT2D eigenvalue weighted by molar-refractivity contribution is 5.82. The second-order valence-electron chi connectivity index (χ2n) is 7.29. The number of fused-ring (bicyclic) bond motifs is 1. The molecule has 1 heterocycles. The Morgan fingerprint density at radius 3 is 2.64 bits per heavy atom. The Hall–Kier alpha value is -2.17. The van der Waals surface area contributed by atoms with Crippen molar-refractivity contribution in [2.75, 3.05) is 0 Å². The summed E-state index contributed by atoms with van der Waals surface area (Å²) < 4.78 is 6.11. The first-order valence-corrected chi connectivity index (χ1v) is 8.74. The van der Waals surface area contributed by atoms with E-state index in [0.29, 0.717) is 0 Å². The van der Waals surface area contributed by atoms with E-state index in [-0.39, 0.29) is 29.6 Å². The van der Waals surface area contributed by atoms with Crippen molar-refractivity contribution in [1.29, 1.82) is 0 Å². The van der Waals surface area contributed by atoms with Crippen molar-refractivity contribution in [3.8, 4) is 0 Å². The van der Waals surface area contributed by atoms with Gasteiger partial charge in [-0.25, -0.2) is 0 Å². The van der Waals surface area contributed by atoms with E-state index in [1.807, 2.05) is 30.3 Å². The van der Waals surface area contributed by atoms with Crippen LogP contribution in [0.25, 0.3) is 0 Å². The van der Waals surface area contributed by atoms with Gasteiger partial charge in [0, 0.05) is 5.92 Å². The normalized spacial score (nSPS) is 26.3. The summed E-state index contributed by atoms with van der Waals surface area (Å²) in [6.45, 7) is 5.81. The second kappa shape index (κ2) is 6.98.